The summed E-state index contributed by atoms with van der Waals surface area (Å²) in [7, 11) is 0. The topological polar surface area (TPSA) is 65.2 Å². The van der Waals surface area contributed by atoms with Gasteiger partial charge < -0.3 is 10.5 Å². The van der Waals surface area contributed by atoms with Crippen LogP contribution in [-0.2, 0) is 16.0 Å². The van der Waals surface area contributed by atoms with Gasteiger partial charge in [0.05, 0.1) is 12.1 Å². The quantitative estimate of drug-likeness (QED) is 0.852. The van der Waals surface area contributed by atoms with Crippen molar-refractivity contribution in [1.82, 2.24) is 4.98 Å². The zero-order valence-electron chi connectivity index (χ0n) is 11.2. The van der Waals surface area contributed by atoms with E-state index >= 15 is 0 Å². The molecule has 0 unspecified atom stereocenters. The summed E-state index contributed by atoms with van der Waals surface area (Å²) in [5.41, 5.74) is 8.77. The molecule has 2 aromatic rings. The second-order valence-corrected chi connectivity index (χ2v) is 4.54. The number of pyridine rings is 1. The van der Waals surface area contributed by atoms with Crippen LogP contribution in [0, 0.1) is 6.92 Å². The SMILES string of the molecule is CCOC(=O)[C@H](N)Cc1ccc2nc(C)ccc2c1. The van der Waals surface area contributed by atoms with Gasteiger partial charge in [0.25, 0.3) is 0 Å². The molecule has 0 aliphatic carbocycles. The zero-order valence-corrected chi connectivity index (χ0v) is 11.2. The number of benzene rings is 1. The van der Waals surface area contributed by atoms with Gasteiger partial charge in [-0.1, -0.05) is 12.1 Å². The first-order chi connectivity index (χ1) is 9.10. The molecule has 0 radical (unpaired) electrons. The maximum absolute atomic E-state index is 11.5. The highest BCUT2D eigenvalue weighted by Gasteiger charge is 2.15. The molecule has 0 saturated carbocycles. The smallest absolute Gasteiger partial charge is 0.323 e. The fourth-order valence-corrected chi connectivity index (χ4v) is 1.99. The highest BCUT2D eigenvalue weighted by molar-refractivity contribution is 5.80. The molecule has 0 saturated heterocycles. The molecule has 19 heavy (non-hydrogen) atoms. The molecular formula is C15H18N2O2. The summed E-state index contributed by atoms with van der Waals surface area (Å²) in [4.78, 5) is 15.9. The van der Waals surface area contributed by atoms with E-state index in [1.54, 1.807) is 6.92 Å². The summed E-state index contributed by atoms with van der Waals surface area (Å²) in [5, 5.41) is 1.05. The van der Waals surface area contributed by atoms with Gasteiger partial charge in [0.15, 0.2) is 0 Å². The molecule has 2 rings (SSSR count). The lowest BCUT2D eigenvalue weighted by Crippen LogP contribution is -2.34. The molecule has 1 aromatic carbocycles. The Morgan fingerprint density at radius 1 is 1.37 bits per heavy atom. The molecule has 0 aliphatic rings. The maximum Gasteiger partial charge on any atom is 0.323 e. The monoisotopic (exact) mass is 258 g/mol. The molecular weight excluding hydrogens is 240 g/mol. The molecule has 2 N–H and O–H groups in total. The van der Waals surface area contributed by atoms with E-state index in [-0.39, 0.29) is 5.97 Å². The van der Waals surface area contributed by atoms with Crippen LogP contribution >= 0.6 is 0 Å². The van der Waals surface area contributed by atoms with E-state index < -0.39 is 6.04 Å². The third kappa shape index (κ3) is 3.29. The van der Waals surface area contributed by atoms with Gasteiger partial charge in [-0.15, -0.1) is 0 Å². The molecule has 4 heteroatoms. The van der Waals surface area contributed by atoms with Crippen LogP contribution in [0.15, 0.2) is 30.3 Å². The Balaban J connectivity index is 2.17. The van der Waals surface area contributed by atoms with Crippen LogP contribution in [0.3, 0.4) is 0 Å². The van der Waals surface area contributed by atoms with Gasteiger partial charge in [-0.25, -0.2) is 0 Å². The molecule has 0 amide bonds. The number of esters is 1. The molecule has 0 spiro atoms. The number of hydrogen-bond acceptors (Lipinski definition) is 4. The van der Waals surface area contributed by atoms with Crippen LogP contribution in [0.5, 0.6) is 0 Å². The molecule has 100 valence electrons. The van der Waals surface area contributed by atoms with Gasteiger partial charge in [-0.05, 0) is 44.0 Å². The Hall–Kier alpha value is -1.94. The molecule has 0 fully saturated rings. The van der Waals surface area contributed by atoms with E-state index in [0.717, 1.165) is 22.2 Å². The zero-order chi connectivity index (χ0) is 13.8. The van der Waals surface area contributed by atoms with Crippen LogP contribution in [0.2, 0.25) is 0 Å². The number of aryl methyl sites for hydroxylation is 1. The molecule has 1 heterocycles. The molecule has 0 bridgehead atoms. The number of ether oxygens (including phenoxy) is 1. The van der Waals surface area contributed by atoms with Gasteiger partial charge in [0.2, 0.25) is 0 Å². The van der Waals surface area contributed by atoms with Crippen LogP contribution in [0.25, 0.3) is 10.9 Å². The third-order valence-electron chi connectivity index (χ3n) is 2.94. The summed E-state index contributed by atoms with van der Waals surface area (Å²) < 4.78 is 4.90. The van der Waals surface area contributed by atoms with Gasteiger partial charge in [0.1, 0.15) is 6.04 Å². The van der Waals surface area contributed by atoms with Crippen molar-refractivity contribution in [2.45, 2.75) is 26.3 Å². The Labute approximate surface area is 112 Å². The van der Waals surface area contributed by atoms with Crippen molar-refractivity contribution >= 4 is 16.9 Å². The van der Waals surface area contributed by atoms with Crippen molar-refractivity contribution < 1.29 is 9.53 Å². The van der Waals surface area contributed by atoms with Crippen LogP contribution < -0.4 is 5.73 Å². The predicted molar refractivity (Wildman–Crippen MR) is 74.8 cm³/mol. The Morgan fingerprint density at radius 2 is 2.16 bits per heavy atom. The van der Waals surface area contributed by atoms with Crippen LogP contribution in [0.1, 0.15) is 18.2 Å². The average Bonchev–Trinajstić information content (AvgIpc) is 2.39. The van der Waals surface area contributed by atoms with Crippen molar-refractivity contribution in [2.75, 3.05) is 6.61 Å². The number of nitrogens with zero attached hydrogens (tertiary/aromatic N) is 1. The largest absolute Gasteiger partial charge is 0.465 e. The number of rotatable bonds is 4. The van der Waals surface area contributed by atoms with E-state index in [9.17, 15) is 4.79 Å². The first-order valence-electron chi connectivity index (χ1n) is 6.38. The van der Waals surface area contributed by atoms with Crippen molar-refractivity contribution in [3.8, 4) is 0 Å². The predicted octanol–water partition coefficient (Wildman–Crippen LogP) is 1.98. The van der Waals surface area contributed by atoms with E-state index in [2.05, 4.69) is 4.98 Å². The lowest BCUT2D eigenvalue weighted by molar-refractivity contribution is -0.144. The van der Waals surface area contributed by atoms with Gasteiger partial charge in [-0.3, -0.25) is 9.78 Å². The Kier molecular flexibility index (Phi) is 4.12. The number of carbonyl (C=O) groups is 1. The third-order valence-corrected chi connectivity index (χ3v) is 2.94. The van der Waals surface area contributed by atoms with Gasteiger partial charge in [0, 0.05) is 11.1 Å². The van der Waals surface area contributed by atoms with Crippen LogP contribution in [0.4, 0.5) is 0 Å². The van der Waals surface area contributed by atoms with Crippen molar-refractivity contribution in [3.05, 3.63) is 41.6 Å². The van der Waals surface area contributed by atoms with Crippen molar-refractivity contribution in [1.29, 1.82) is 0 Å². The van der Waals surface area contributed by atoms with E-state index in [0.29, 0.717) is 13.0 Å². The minimum atomic E-state index is -0.615. The molecule has 4 nitrogen and oxygen atoms in total. The lowest BCUT2D eigenvalue weighted by Gasteiger charge is -2.11. The Bertz CT molecular complexity index is 596. The van der Waals surface area contributed by atoms with Crippen molar-refractivity contribution in [2.24, 2.45) is 5.73 Å². The lowest BCUT2D eigenvalue weighted by atomic mass is 10.0. The minimum Gasteiger partial charge on any atom is -0.465 e. The number of fused-ring (bicyclic) bond motifs is 1. The second-order valence-electron chi connectivity index (χ2n) is 4.54. The summed E-state index contributed by atoms with van der Waals surface area (Å²) in [6.07, 6.45) is 0.475. The Morgan fingerprint density at radius 3 is 2.89 bits per heavy atom. The normalized spacial score (nSPS) is 12.4. The van der Waals surface area contributed by atoms with Gasteiger partial charge >= 0.3 is 5.97 Å². The standard InChI is InChI=1S/C15H18N2O2/c1-3-19-15(18)13(16)9-11-5-7-14-12(8-11)6-4-10(2)17-14/h4-8,13H,3,9,16H2,1-2H3/t13-/m1/s1. The fourth-order valence-electron chi connectivity index (χ4n) is 1.99. The summed E-state index contributed by atoms with van der Waals surface area (Å²) in [5.74, 6) is -0.357. The number of nitrogens with two attached hydrogens (primary N) is 1. The summed E-state index contributed by atoms with van der Waals surface area (Å²) >= 11 is 0. The molecule has 1 atom stereocenters. The number of hydrogen-bond donors (Lipinski definition) is 1. The summed E-state index contributed by atoms with van der Waals surface area (Å²) in [6, 6.07) is 9.30. The second kappa shape index (κ2) is 5.80. The first kappa shape index (κ1) is 13.5. The first-order valence-corrected chi connectivity index (χ1v) is 6.38. The minimum absolute atomic E-state index is 0.355. The maximum atomic E-state index is 11.5. The van der Waals surface area contributed by atoms with Crippen molar-refractivity contribution in [3.63, 3.8) is 0 Å². The van der Waals surface area contributed by atoms with E-state index in [1.165, 1.54) is 0 Å². The van der Waals surface area contributed by atoms with E-state index in [4.69, 9.17) is 10.5 Å². The molecule has 0 aliphatic heterocycles. The van der Waals surface area contributed by atoms with Crippen LogP contribution in [-0.4, -0.2) is 23.6 Å². The highest BCUT2D eigenvalue weighted by atomic mass is 16.5. The van der Waals surface area contributed by atoms with Gasteiger partial charge in [-0.2, -0.15) is 0 Å². The summed E-state index contributed by atoms with van der Waals surface area (Å²) in [6.45, 7) is 4.09. The fraction of sp³-hybridized carbons (Fsp3) is 0.333. The number of aromatic nitrogens is 1. The highest BCUT2D eigenvalue weighted by Crippen LogP contribution is 2.15. The van der Waals surface area contributed by atoms with E-state index in [1.807, 2.05) is 37.3 Å². The number of carbonyl (C=O) groups excluding carboxylic acids is 1. The average molecular weight is 258 g/mol. The molecule has 1 aromatic heterocycles.